The van der Waals surface area contributed by atoms with E-state index < -0.39 is 37.3 Å². The number of aliphatic hydroxyl groups is 4. The number of aliphatic hydroxyl groups excluding tert-OH is 4. The Bertz CT molecular complexity index is 1810. The number of tetrazole rings is 1. The monoisotopic (exact) mass is 872 g/mol. The first-order valence-electron chi connectivity index (χ1n) is 14.4. The maximum absolute atomic E-state index is 9.97. The summed E-state index contributed by atoms with van der Waals surface area (Å²) in [6, 6.07) is 19.5. The summed E-state index contributed by atoms with van der Waals surface area (Å²) >= 11 is 0. The fourth-order valence-corrected chi connectivity index (χ4v) is 4.74. The van der Waals surface area contributed by atoms with Crippen molar-refractivity contribution in [1.29, 1.82) is 0 Å². The van der Waals surface area contributed by atoms with Gasteiger partial charge >= 0.3 is 0 Å². The van der Waals surface area contributed by atoms with Crippen LogP contribution in [0.25, 0.3) is 44.5 Å². The number of nitrogens with zero attached hydrogens (tertiary/aromatic N) is 9. The van der Waals surface area contributed by atoms with Gasteiger partial charge in [-0.05, 0) is 17.7 Å². The van der Waals surface area contributed by atoms with Crippen LogP contribution in [0, 0.1) is 0 Å². The minimum Gasteiger partial charge on any atom is -0.545 e. The van der Waals surface area contributed by atoms with Crippen LogP contribution in [0.3, 0.4) is 0 Å². The number of hydrogen-bond donors (Lipinski definition) is 4. The van der Waals surface area contributed by atoms with Crippen LogP contribution in [-0.4, -0.2) is 125 Å². The van der Waals surface area contributed by atoms with Crippen LogP contribution >= 0.6 is 0 Å². The first-order chi connectivity index (χ1) is 24.5. The van der Waals surface area contributed by atoms with Gasteiger partial charge in [-0.1, -0.05) is 53.7 Å². The molecule has 0 amide bonds. The van der Waals surface area contributed by atoms with E-state index in [1.165, 1.54) is 0 Å². The van der Waals surface area contributed by atoms with Gasteiger partial charge in [0.15, 0.2) is 6.29 Å². The molecule has 4 N–H and O–H groups in total. The number of rotatable bonds is 7. The third-order valence-electron chi connectivity index (χ3n) is 7.09. The molecule has 0 spiro atoms. The van der Waals surface area contributed by atoms with Gasteiger partial charge in [-0.25, -0.2) is 9.78 Å². The Balaban J connectivity index is 0.000000358. The van der Waals surface area contributed by atoms with Crippen LogP contribution < -0.4 is 5.21 Å². The van der Waals surface area contributed by atoms with Crippen molar-refractivity contribution in [3.05, 3.63) is 79.3 Å². The van der Waals surface area contributed by atoms with Crippen LogP contribution in [0.4, 0.5) is 0 Å². The Morgan fingerprint density at radius 1 is 0.784 bits per heavy atom. The Kier molecular flexibility index (Phi) is 18.0. The summed E-state index contributed by atoms with van der Waals surface area (Å²) in [6.45, 7) is 9.64. The van der Waals surface area contributed by atoms with Crippen LogP contribution in [0.2, 0.25) is 0 Å². The van der Waals surface area contributed by atoms with Gasteiger partial charge in [0.2, 0.25) is 0 Å². The molecule has 5 heterocycles. The Labute approximate surface area is 304 Å². The molecule has 18 nitrogen and oxygen atoms in total. The van der Waals surface area contributed by atoms with E-state index in [2.05, 4.69) is 85.5 Å². The molecule has 51 heavy (non-hydrogen) atoms. The topological polar surface area (TPSA) is 260 Å². The van der Waals surface area contributed by atoms with E-state index >= 15 is 0 Å². The minimum absolute atomic E-state index is 0. The van der Waals surface area contributed by atoms with Crippen molar-refractivity contribution in [1.82, 2.24) is 45.6 Å². The van der Waals surface area contributed by atoms with E-state index in [0.29, 0.717) is 18.1 Å². The predicted molar refractivity (Wildman–Crippen MR) is 175 cm³/mol. The number of fused-ring (bicyclic) bond motifs is 3. The molecule has 1 fully saturated rings. The zero-order chi connectivity index (χ0) is 36.5. The van der Waals surface area contributed by atoms with E-state index in [1.807, 2.05) is 36.4 Å². The van der Waals surface area contributed by atoms with Gasteiger partial charge < -0.3 is 49.4 Å². The van der Waals surface area contributed by atoms with Gasteiger partial charge in [-0.2, -0.15) is 0 Å². The molecule has 0 bridgehead atoms. The molecule has 2 unspecified atom stereocenters. The van der Waals surface area contributed by atoms with E-state index in [-0.39, 0.29) is 27.0 Å². The zero-order valence-corrected chi connectivity index (χ0v) is 29.2. The second-order valence-electron chi connectivity index (χ2n) is 9.93. The second kappa shape index (κ2) is 21.9. The molecule has 0 saturated carbocycles. The molecule has 1 saturated heterocycles. The SMILES string of the molecule is OCC1O[C@H](OCCn2cc(-c3ccc(-c4nn[n-]n4)cc3)nn2)[C@@H](O)C(O)[C@H]1O.[CH-]=O.[CH-]=O.[CH-]=O.[Re].c1cnc2c(c1)ccc1cccnc12. The first kappa shape index (κ1) is 42.1. The minimum atomic E-state index is -1.48. The maximum Gasteiger partial charge on any atom is 0.186 e. The van der Waals surface area contributed by atoms with Crippen molar-refractivity contribution in [2.75, 3.05) is 13.2 Å². The van der Waals surface area contributed by atoms with Crippen molar-refractivity contribution in [3.8, 4) is 22.6 Å². The van der Waals surface area contributed by atoms with Gasteiger partial charge in [0, 0.05) is 49.2 Å². The van der Waals surface area contributed by atoms with Crippen molar-refractivity contribution in [2.45, 2.75) is 37.3 Å². The first-order valence-corrected chi connectivity index (χ1v) is 14.4. The van der Waals surface area contributed by atoms with Gasteiger partial charge in [-0.15, -0.1) is 5.10 Å². The van der Waals surface area contributed by atoms with Crippen LogP contribution in [0.15, 0.2) is 79.3 Å². The molecule has 2 aromatic carbocycles. The summed E-state index contributed by atoms with van der Waals surface area (Å²) in [5, 5.41) is 63.7. The summed E-state index contributed by atoms with van der Waals surface area (Å²) < 4.78 is 12.3. The molecule has 1 aliphatic rings. The number of benzene rings is 2. The number of ether oxygens (including phenoxy) is 2. The summed E-state index contributed by atoms with van der Waals surface area (Å²) in [5.74, 6) is 0.440. The zero-order valence-electron chi connectivity index (χ0n) is 26.5. The van der Waals surface area contributed by atoms with Crippen molar-refractivity contribution >= 4 is 42.2 Å². The predicted octanol–water partition coefficient (Wildman–Crippen LogP) is -0.471. The average Bonchev–Trinajstić information content (AvgIpc) is 3.91. The largest absolute Gasteiger partial charge is 0.545 e. The molecular weight excluding hydrogens is 841 g/mol. The Hall–Kier alpha value is -5.10. The van der Waals surface area contributed by atoms with E-state index in [4.69, 9.17) is 23.9 Å². The standard InChI is InChI=1S/C17H20N7O6.C12H8N2.3CHO.Re/c25-8-12-13(26)14(27)15(28)17(30-12)29-6-5-24-7-11(18-23-24)9-1-3-10(4-2-9)16-19-21-22-20-16;1-3-9-5-6-10-4-2-8-14-12(10)11(9)13-7-1;3*1-2;/h1-4,7,12-15,17,25-28H,5-6,8H2;1-8H;3*1H;/q-1;;3*-1;/t12?,13-,14?,15-,17-;;;;;/m0...../s1. The third kappa shape index (κ3) is 10.7. The Morgan fingerprint density at radius 3 is 1.92 bits per heavy atom. The van der Waals surface area contributed by atoms with Gasteiger partial charge in [0.1, 0.15) is 30.1 Å². The van der Waals surface area contributed by atoms with E-state index in [0.717, 1.165) is 32.9 Å². The number of hydrogen-bond acceptors (Lipinski definition) is 16. The van der Waals surface area contributed by atoms with Crippen molar-refractivity contribution in [2.24, 2.45) is 0 Å². The quantitative estimate of drug-likeness (QED) is 0.0898. The molecule has 269 valence electrons. The smallest absolute Gasteiger partial charge is 0.186 e. The molecule has 7 rings (SSSR count). The molecule has 1 aliphatic heterocycles. The van der Waals surface area contributed by atoms with Gasteiger partial charge in [-0.3, -0.25) is 40.8 Å². The van der Waals surface area contributed by atoms with Crippen LogP contribution in [0.5, 0.6) is 0 Å². The van der Waals surface area contributed by atoms with E-state index in [9.17, 15) is 20.4 Å². The fourth-order valence-electron chi connectivity index (χ4n) is 4.74. The molecule has 1 radical (unpaired) electrons. The van der Waals surface area contributed by atoms with E-state index in [1.54, 1.807) is 23.3 Å². The normalized spacial score (nSPS) is 18.9. The van der Waals surface area contributed by atoms with Gasteiger partial charge in [0.25, 0.3) is 0 Å². The fraction of sp³-hybridized carbons (Fsp3) is 0.250. The molecule has 0 aliphatic carbocycles. The molecule has 4 aromatic heterocycles. The summed E-state index contributed by atoms with van der Waals surface area (Å²) in [5.41, 5.74) is 4.22. The molecular formula is C32H31N9O9Re-4. The number of carbonyl (C=O) groups excluding carboxylic acids is 3. The summed E-state index contributed by atoms with van der Waals surface area (Å²) in [7, 11) is 0. The summed E-state index contributed by atoms with van der Waals surface area (Å²) in [6.07, 6.45) is -1.21. The van der Waals surface area contributed by atoms with Gasteiger partial charge in [0.05, 0.1) is 42.8 Å². The average molecular weight is 872 g/mol. The second-order valence-corrected chi connectivity index (χ2v) is 9.93. The number of aromatic nitrogens is 9. The summed E-state index contributed by atoms with van der Waals surface area (Å²) in [4.78, 5) is 31.9. The maximum atomic E-state index is 9.97. The van der Waals surface area contributed by atoms with Crippen LogP contribution in [0.1, 0.15) is 0 Å². The number of pyridine rings is 2. The molecule has 19 heteroatoms. The molecule has 6 aromatic rings. The third-order valence-corrected chi connectivity index (χ3v) is 7.09. The Morgan fingerprint density at radius 2 is 1.37 bits per heavy atom. The van der Waals surface area contributed by atoms with Crippen molar-refractivity contribution < 1.29 is 64.7 Å². The van der Waals surface area contributed by atoms with Crippen molar-refractivity contribution in [3.63, 3.8) is 0 Å². The molecule has 5 atom stereocenters. The van der Waals surface area contributed by atoms with Crippen LogP contribution in [-0.2, 0) is 50.8 Å².